The number of likely N-dealkylation sites (tertiary alicyclic amines) is 1. The molecule has 1 aromatic rings. The Balaban J connectivity index is 1.73. The van der Waals surface area contributed by atoms with Gasteiger partial charge in [-0.3, -0.25) is 9.59 Å². The minimum Gasteiger partial charge on any atom is -0.505 e. The Labute approximate surface area is 144 Å². The van der Waals surface area contributed by atoms with Crippen molar-refractivity contribution < 1.29 is 29.3 Å². The van der Waals surface area contributed by atoms with Crippen LogP contribution in [0.4, 0.5) is 4.39 Å². The number of phenolic OH excluding ortho intramolecular Hbond substituents is 1. The molecular weight excluding hydrogens is 329 g/mol. The van der Waals surface area contributed by atoms with Gasteiger partial charge in [-0.2, -0.15) is 0 Å². The van der Waals surface area contributed by atoms with Gasteiger partial charge in [0.25, 0.3) is 0 Å². The van der Waals surface area contributed by atoms with E-state index in [0.29, 0.717) is 17.9 Å². The molecule has 6 nitrogen and oxygen atoms in total. The maximum Gasteiger partial charge on any atom is 0.314 e. The average Bonchev–Trinajstić information content (AvgIpc) is 3.36. The number of aliphatic carboxylic acids is 1. The lowest BCUT2D eigenvalue weighted by atomic mass is 9.73. The van der Waals surface area contributed by atoms with E-state index in [4.69, 9.17) is 0 Å². The van der Waals surface area contributed by atoms with E-state index in [9.17, 15) is 29.3 Å². The Morgan fingerprint density at radius 3 is 2.60 bits per heavy atom. The number of piperidine rings is 1. The number of carboxylic acid groups (broad SMARTS) is 1. The van der Waals surface area contributed by atoms with Crippen molar-refractivity contribution in [2.75, 3.05) is 13.1 Å². The molecule has 1 aliphatic carbocycles. The molecule has 2 atom stereocenters. The number of aliphatic hydroxyl groups excluding tert-OH is 1. The van der Waals surface area contributed by atoms with Gasteiger partial charge in [0.1, 0.15) is 5.41 Å². The first-order chi connectivity index (χ1) is 11.8. The number of carbonyl (C=O) groups is 2. The highest BCUT2D eigenvalue weighted by atomic mass is 19.1. The van der Waals surface area contributed by atoms with E-state index in [0.717, 1.165) is 18.9 Å². The average molecular weight is 351 g/mol. The van der Waals surface area contributed by atoms with Crippen molar-refractivity contribution in [3.63, 3.8) is 0 Å². The molecule has 1 heterocycles. The van der Waals surface area contributed by atoms with Crippen LogP contribution in [0.5, 0.6) is 5.75 Å². The summed E-state index contributed by atoms with van der Waals surface area (Å²) in [6, 6.07) is 3.75. The molecule has 3 rings (SSSR count). The van der Waals surface area contributed by atoms with Gasteiger partial charge >= 0.3 is 5.97 Å². The Bertz CT molecular complexity index is 690. The molecule has 3 N–H and O–H groups in total. The fraction of sp³-hybridized carbons (Fsp3) is 0.556. The number of halogens is 1. The molecule has 0 radical (unpaired) electrons. The molecule has 1 aliphatic heterocycles. The predicted molar refractivity (Wildman–Crippen MR) is 86.4 cm³/mol. The fourth-order valence-electron chi connectivity index (χ4n) is 3.57. The second-order valence-electron chi connectivity index (χ2n) is 7.19. The van der Waals surface area contributed by atoms with Gasteiger partial charge in [0.2, 0.25) is 5.91 Å². The number of aliphatic hydroxyl groups is 1. The minimum atomic E-state index is -1.32. The number of hydrogen-bond acceptors (Lipinski definition) is 4. The van der Waals surface area contributed by atoms with Gasteiger partial charge in [0.15, 0.2) is 11.6 Å². The molecule has 0 unspecified atom stereocenters. The van der Waals surface area contributed by atoms with Crippen molar-refractivity contribution in [2.45, 2.75) is 38.2 Å². The third-order valence-electron chi connectivity index (χ3n) is 5.28. The molecule has 0 bridgehead atoms. The van der Waals surface area contributed by atoms with Crippen LogP contribution >= 0.6 is 0 Å². The Morgan fingerprint density at radius 2 is 2.00 bits per heavy atom. The topological polar surface area (TPSA) is 98.1 Å². The lowest BCUT2D eigenvalue weighted by molar-refractivity contribution is -0.167. The van der Waals surface area contributed by atoms with E-state index in [1.165, 1.54) is 17.0 Å². The molecule has 0 aromatic heterocycles. The summed E-state index contributed by atoms with van der Waals surface area (Å²) in [5, 5.41) is 29.3. The number of amides is 1. The number of benzene rings is 1. The molecule has 7 heteroatoms. The first-order valence-electron chi connectivity index (χ1n) is 8.48. The Hall–Kier alpha value is -2.15. The van der Waals surface area contributed by atoms with Crippen LogP contribution in [-0.4, -0.2) is 51.3 Å². The molecule has 1 saturated carbocycles. The molecule has 1 amide bonds. The molecule has 1 aromatic carbocycles. The lowest BCUT2D eigenvalue weighted by Crippen LogP contribution is -2.57. The van der Waals surface area contributed by atoms with Crippen LogP contribution in [0.1, 0.15) is 31.2 Å². The van der Waals surface area contributed by atoms with Gasteiger partial charge in [-0.25, -0.2) is 4.39 Å². The summed E-state index contributed by atoms with van der Waals surface area (Å²) < 4.78 is 13.4. The number of aromatic hydroxyl groups is 1. The summed E-state index contributed by atoms with van der Waals surface area (Å²) in [6.45, 7) is 0.250. The quantitative estimate of drug-likeness (QED) is 0.747. The van der Waals surface area contributed by atoms with Gasteiger partial charge in [-0.15, -0.1) is 0 Å². The number of hydrogen-bond donors (Lipinski definition) is 3. The van der Waals surface area contributed by atoms with Gasteiger partial charge < -0.3 is 20.2 Å². The van der Waals surface area contributed by atoms with E-state index in [2.05, 4.69) is 0 Å². The maximum absolute atomic E-state index is 13.4. The molecule has 25 heavy (non-hydrogen) atoms. The largest absolute Gasteiger partial charge is 0.505 e. The van der Waals surface area contributed by atoms with E-state index in [-0.39, 0.29) is 31.8 Å². The minimum absolute atomic E-state index is 0.0284. The van der Waals surface area contributed by atoms with E-state index in [1.54, 1.807) is 0 Å². The first kappa shape index (κ1) is 17.7. The van der Waals surface area contributed by atoms with E-state index >= 15 is 0 Å². The van der Waals surface area contributed by atoms with Crippen molar-refractivity contribution in [2.24, 2.45) is 11.3 Å². The standard InChI is InChI=1S/C18H22FNO5/c19-13-7-12(3-4-14(13)21)8-16(23)20-6-5-15(22)18(10-20,17(24)25)9-11-1-2-11/h3-4,7,11,15,21-22H,1-2,5-6,8-10H2,(H,24,25)/t15-,18-/m1/s1. The van der Waals surface area contributed by atoms with Gasteiger partial charge in [-0.05, 0) is 36.5 Å². The molecule has 1 saturated heterocycles. The zero-order valence-corrected chi connectivity index (χ0v) is 13.8. The third kappa shape index (κ3) is 3.61. The van der Waals surface area contributed by atoms with Crippen molar-refractivity contribution >= 4 is 11.9 Å². The summed E-state index contributed by atoms with van der Waals surface area (Å²) in [6.07, 6.45) is 1.47. The van der Waals surface area contributed by atoms with Crippen LogP contribution in [0.2, 0.25) is 0 Å². The number of rotatable bonds is 5. The van der Waals surface area contributed by atoms with Crippen molar-refractivity contribution in [1.82, 2.24) is 4.90 Å². The smallest absolute Gasteiger partial charge is 0.314 e. The van der Waals surface area contributed by atoms with Gasteiger partial charge in [0, 0.05) is 13.1 Å². The van der Waals surface area contributed by atoms with Gasteiger partial charge in [-0.1, -0.05) is 18.9 Å². The molecule has 0 spiro atoms. The number of carboxylic acids is 1. The van der Waals surface area contributed by atoms with Crippen LogP contribution in [0.25, 0.3) is 0 Å². The van der Waals surface area contributed by atoms with Crippen molar-refractivity contribution in [1.29, 1.82) is 0 Å². The fourth-order valence-corrected chi connectivity index (χ4v) is 3.57. The second-order valence-corrected chi connectivity index (χ2v) is 7.19. The van der Waals surface area contributed by atoms with Crippen molar-refractivity contribution in [3.8, 4) is 5.75 Å². The van der Waals surface area contributed by atoms with E-state index < -0.39 is 29.1 Å². The first-order valence-corrected chi connectivity index (χ1v) is 8.48. The predicted octanol–water partition coefficient (Wildman–Crippen LogP) is 1.54. The maximum atomic E-state index is 13.4. The number of nitrogens with zero attached hydrogens (tertiary/aromatic N) is 1. The molecular formula is C18H22FNO5. The van der Waals surface area contributed by atoms with Crippen LogP contribution in [0, 0.1) is 17.2 Å². The molecule has 2 aliphatic rings. The Kier molecular flexibility index (Phi) is 4.69. The normalized spacial score (nSPS) is 26.5. The van der Waals surface area contributed by atoms with Crippen LogP contribution in [0.3, 0.4) is 0 Å². The van der Waals surface area contributed by atoms with Gasteiger partial charge in [0.05, 0.1) is 12.5 Å². The highest BCUT2D eigenvalue weighted by molar-refractivity contribution is 5.81. The van der Waals surface area contributed by atoms with Crippen LogP contribution in [-0.2, 0) is 16.0 Å². The number of phenols is 1. The summed E-state index contributed by atoms with van der Waals surface area (Å²) in [4.78, 5) is 25.9. The zero-order chi connectivity index (χ0) is 18.2. The highest BCUT2D eigenvalue weighted by Gasteiger charge is 2.52. The SMILES string of the molecule is O=C(Cc1ccc(O)c(F)c1)N1CC[C@@H](O)[C@](CC2CC2)(C(=O)O)C1. The summed E-state index contributed by atoms with van der Waals surface area (Å²) >= 11 is 0. The summed E-state index contributed by atoms with van der Waals surface area (Å²) in [5.41, 5.74) is -0.913. The third-order valence-corrected chi connectivity index (χ3v) is 5.28. The van der Waals surface area contributed by atoms with Crippen LogP contribution < -0.4 is 0 Å². The van der Waals surface area contributed by atoms with Crippen molar-refractivity contribution in [3.05, 3.63) is 29.6 Å². The summed E-state index contributed by atoms with van der Waals surface area (Å²) in [7, 11) is 0. The highest BCUT2D eigenvalue weighted by Crippen LogP contribution is 2.45. The number of carbonyl (C=O) groups excluding carboxylic acids is 1. The monoisotopic (exact) mass is 351 g/mol. The lowest BCUT2D eigenvalue weighted by Gasteiger charge is -2.43. The second kappa shape index (κ2) is 6.63. The summed E-state index contributed by atoms with van der Waals surface area (Å²) in [5.74, 6) is -2.36. The molecule has 136 valence electrons. The Morgan fingerprint density at radius 1 is 1.28 bits per heavy atom. The van der Waals surface area contributed by atoms with E-state index in [1.807, 2.05) is 0 Å². The molecule has 2 fully saturated rings. The zero-order valence-electron chi connectivity index (χ0n) is 13.8. The van der Waals surface area contributed by atoms with Crippen LogP contribution in [0.15, 0.2) is 18.2 Å².